The molecule has 150 valence electrons. The van der Waals surface area contributed by atoms with Crippen LogP contribution in [0, 0.1) is 18.3 Å². The molecule has 0 atom stereocenters. The molecule has 0 aliphatic rings. The maximum Gasteiger partial charge on any atom is 0.266 e. The van der Waals surface area contributed by atoms with Crippen molar-refractivity contribution in [2.24, 2.45) is 0 Å². The van der Waals surface area contributed by atoms with Gasteiger partial charge in [-0.3, -0.25) is 4.79 Å². The van der Waals surface area contributed by atoms with Crippen LogP contribution in [0.15, 0.2) is 72.3 Å². The summed E-state index contributed by atoms with van der Waals surface area (Å²) >= 11 is 12.3. The number of aryl methyl sites for hydroxylation is 1. The molecule has 0 aromatic heterocycles. The first-order chi connectivity index (χ1) is 14.5. The second-order valence-electron chi connectivity index (χ2n) is 6.51. The Kier molecular flexibility index (Phi) is 7.13. The minimum Gasteiger partial charge on any atom is -0.488 e. The lowest BCUT2D eigenvalue weighted by Crippen LogP contribution is -2.13. The highest BCUT2D eigenvalue weighted by atomic mass is 35.5. The average molecular weight is 437 g/mol. The zero-order valence-electron chi connectivity index (χ0n) is 16.2. The van der Waals surface area contributed by atoms with Gasteiger partial charge in [-0.05, 0) is 42.8 Å². The summed E-state index contributed by atoms with van der Waals surface area (Å²) in [6.07, 6.45) is 1.49. The molecule has 30 heavy (non-hydrogen) atoms. The summed E-state index contributed by atoms with van der Waals surface area (Å²) in [4.78, 5) is 12.6. The lowest BCUT2D eigenvalue weighted by Gasteiger charge is -2.11. The van der Waals surface area contributed by atoms with Crippen LogP contribution in [0.2, 0.25) is 10.0 Å². The molecule has 0 spiro atoms. The number of nitriles is 1. The molecule has 0 radical (unpaired) electrons. The van der Waals surface area contributed by atoms with Gasteiger partial charge in [0, 0.05) is 26.9 Å². The van der Waals surface area contributed by atoms with E-state index in [4.69, 9.17) is 27.9 Å². The fourth-order valence-corrected chi connectivity index (χ4v) is 3.05. The molecule has 1 N–H and O–H groups in total. The van der Waals surface area contributed by atoms with Gasteiger partial charge in [-0.25, -0.2) is 0 Å². The lowest BCUT2D eigenvalue weighted by atomic mass is 10.1. The van der Waals surface area contributed by atoms with Crippen LogP contribution in [0.5, 0.6) is 5.75 Å². The van der Waals surface area contributed by atoms with Crippen molar-refractivity contribution in [1.82, 2.24) is 0 Å². The normalized spacial score (nSPS) is 10.9. The Labute approximate surface area is 185 Å². The quantitative estimate of drug-likeness (QED) is 0.357. The van der Waals surface area contributed by atoms with Crippen LogP contribution >= 0.6 is 23.2 Å². The largest absolute Gasteiger partial charge is 0.488 e. The van der Waals surface area contributed by atoms with Crippen molar-refractivity contribution in [3.63, 3.8) is 0 Å². The van der Waals surface area contributed by atoms with Crippen LogP contribution in [0.25, 0.3) is 6.08 Å². The third-order valence-corrected chi connectivity index (χ3v) is 5.13. The molecule has 0 fully saturated rings. The van der Waals surface area contributed by atoms with Gasteiger partial charge >= 0.3 is 0 Å². The maximum atomic E-state index is 12.6. The molecule has 6 heteroatoms. The Bertz CT molecular complexity index is 1150. The van der Waals surface area contributed by atoms with Gasteiger partial charge in [-0.2, -0.15) is 5.26 Å². The summed E-state index contributed by atoms with van der Waals surface area (Å²) in [5.41, 5.74) is 2.81. The van der Waals surface area contributed by atoms with Gasteiger partial charge in [0.05, 0.1) is 0 Å². The molecule has 3 rings (SSSR count). The molecular formula is C24H18Cl2N2O2. The van der Waals surface area contributed by atoms with Gasteiger partial charge in [0.2, 0.25) is 0 Å². The first kappa shape index (κ1) is 21.4. The van der Waals surface area contributed by atoms with Gasteiger partial charge in [0.25, 0.3) is 5.91 Å². The van der Waals surface area contributed by atoms with Gasteiger partial charge in [-0.15, -0.1) is 0 Å². The number of benzene rings is 3. The fraction of sp³-hybridized carbons (Fsp3) is 0.0833. The van der Waals surface area contributed by atoms with Crippen LogP contribution in [-0.4, -0.2) is 5.91 Å². The topological polar surface area (TPSA) is 62.1 Å². The Hall–Kier alpha value is -3.26. The van der Waals surface area contributed by atoms with Crippen LogP contribution in [-0.2, 0) is 11.4 Å². The van der Waals surface area contributed by atoms with E-state index < -0.39 is 5.91 Å². The van der Waals surface area contributed by atoms with E-state index in [-0.39, 0.29) is 12.2 Å². The van der Waals surface area contributed by atoms with E-state index in [0.717, 1.165) is 11.1 Å². The molecule has 4 nitrogen and oxygen atoms in total. The number of ether oxygens (including phenoxy) is 1. The summed E-state index contributed by atoms with van der Waals surface area (Å²) in [6.45, 7) is 2.13. The average Bonchev–Trinajstić information content (AvgIpc) is 2.74. The van der Waals surface area contributed by atoms with Crippen molar-refractivity contribution < 1.29 is 9.53 Å². The zero-order chi connectivity index (χ0) is 21.5. The van der Waals surface area contributed by atoms with Gasteiger partial charge < -0.3 is 10.1 Å². The molecule has 0 bridgehead atoms. The van der Waals surface area contributed by atoms with Crippen molar-refractivity contribution in [3.05, 3.63) is 99.0 Å². The Morgan fingerprint density at radius 2 is 1.80 bits per heavy atom. The third-order valence-electron chi connectivity index (χ3n) is 4.35. The van der Waals surface area contributed by atoms with Gasteiger partial charge in [-0.1, -0.05) is 65.7 Å². The Morgan fingerprint density at radius 1 is 1.07 bits per heavy atom. The molecule has 0 saturated carbocycles. The summed E-state index contributed by atoms with van der Waals surface area (Å²) < 4.78 is 5.89. The smallest absolute Gasteiger partial charge is 0.266 e. The number of anilines is 1. The zero-order valence-corrected chi connectivity index (χ0v) is 17.7. The number of rotatable bonds is 6. The Balaban J connectivity index is 1.80. The summed E-state index contributed by atoms with van der Waals surface area (Å²) in [5, 5.41) is 13.3. The standard InChI is InChI=1S/C24H18Cl2N2O2/c1-16-10-11-20(13-22(16)26)28-24(29)19(14-27)12-17-6-3-5-9-23(17)30-15-18-7-2-4-8-21(18)25/h2-13H,15H2,1H3,(H,28,29)/b19-12-. The second-order valence-corrected chi connectivity index (χ2v) is 7.32. The number of nitrogens with one attached hydrogen (secondary N) is 1. The van der Waals surface area contributed by atoms with Crippen molar-refractivity contribution >= 4 is 40.9 Å². The van der Waals surface area contributed by atoms with E-state index in [1.54, 1.807) is 42.5 Å². The molecule has 0 aliphatic heterocycles. The summed E-state index contributed by atoms with van der Waals surface area (Å²) in [7, 11) is 0. The first-order valence-corrected chi connectivity index (χ1v) is 9.88. The van der Waals surface area contributed by atoms with E-state index in [0.29, 0.717) is 27.0 Å². The highest BCUT2D eigenvalue weighted by Crippen LogP contribution is 2.25. The van der Waals surface area contributed by atoms with Gasteiger partial charge in [0.1, 0.15) is 24.0 Å². The minimum atomic E-state index is -0.529. The second kappa shape index (κ2) is 9.98. The molecule has 0 heterocycles. The molecule has 3 aromatic rings. The Morgan fingerprint density at radius 3 is 2.53 bits per heavy atom. The molecule has 0 aliphatic carbocycles. The number of amides is 1. The number of nitrogens with zero attached hydrogens (tertiary/aromatic N) is 1. The van der Waals surface area contributed by atoms with Crippen molar-refractivity contribution in [3.8, 4) is 11.8 Å². The van der Waals surface area contributed by atoms with Crippen LogP contribution in [0.3, 0.4) is 0 Å². The molecule has 0 unspecified atom stereocenters. The number of carbonyl (C=O) groups excluding carboxylic acids is 1. The van der Waals surface area contributed by atoms with E-state index in [9.17, 15) is 10.1 Å². The SMILES string of the molecule is Cc1ccc(NC(=O)/C(C#N)=C\c2ccccc2OCc2ccccc2Cl)cc1Cl. The van der Waals surface area contributed by atoms with E-state index in [1.165, 1.54) is 6.08 Å². The first-order valence-electron chi connectivity index (χ1n) is 9.12. The third kappa shape index (κ3) is 5.42. The highest BCUT2D eigenvalue weighted by Gasteiger charge is 2.12. The number of halogens is 2. The molecule has 3 aromatic carbocycles. The number of hydrogen-bond acceptors (Lipinski definition) is 3. The summed E-state index contributed by atoms with van der Waals surface area (Å²) in [6, 6.07) is 21.7. The van der Waals surface area contributed by atoms with Gasteiger partial charge in [0.15, 0.2) is 0 Å². The van der Waals surface area contributed by atoms with Crippen molar-refractivity contribution in [2.45, 2.75) is 13.5 Å². The van der Waals surface area contributed by atoms with Crippen molar-refractivity contribution in [2.75, 3.05) is 5.32 Å². The summed E-state index contributed by atoms with van der Waals surface area (Å²) in [5.74, 6) is 0.00896. The van der Waals surface area contributed by atoms with Crippen LogP contribution < -0.4 is 10.1 Å². The molecule has 1 amide bonds. The number of hydrogen-bond donors (Lipinski definition) is 1. The van der Waals surface area contributed by atoms with Crippen LogP contribution in [0.1, 0.15) is 16.7 Å². The van der Waals surface area contributed by atoms with E-state index >= 15 is 0 Å². The predicted octanol–water partition coefficient (Wildman–Crippen LogP) is 6.43. The van der Waals surface area contributed by atoms with Crippen LogP contribution in [0.4, 0.5) is 5.69 Å². The molecular weight excluding hydrogens is 419 g/mol. The number of carbonyl (C=O) groups is 1. The fourth-order valence-electron chi connectivity index (χ4n) is 2.68. The van der Waals surface area contributed by atoms with E-state index in [2.05, 4.69) is 5.32 Å². The van der Waals surface area contributed by atoms with E-state index in [1.807, 2.05) is 37.3 Å². The maximum absolute atomic E-state index is 12.6. The van der Waals surface area contributed by atoms with Crippen molar-refractivity contribution in [1.29, 1.82) is 5.26 Å². The predicted molar refractivity (Wildman–Crippen MR) is 121 cm³/mol. The molecule has 0 saturated heterocycles. The lowest BCUT2D eigenvalue weighted by molar-refractivity contribution is -0.112. The number of para-hydroxylation sites is 1. The monoisotopic (exact) mass is 436 g/mol. The minimum absolute atomic E-state index is 0.0551. The highest BCUT2D eigenvalue weighted by molar-refractivity contribution is 6.31.